The van der Waals surface area contributed by atoms with Crippen molar-refractivity contribution in [2.24, 2.45) is 0 Å². The molecule has 1 N–H and O–H groups in total. The maximum Gasteiger partial charge on any atom is 0.255 e. The Kier molecular flexibility index (Phi) is 3.98. The van der Waals surface area contributed by atoms with E-state index in [0.717, 1.165) is 36.1 Å². The zero-order valence-corrected chi connectivity index (χ0v) is 12.8. The van der Waals surface area contributed by atoms with Crippen LogP contribution in [0.25, 0.3) is 0 Å². The fourth-order valence-corrected chi connectivity index (χ4v) is 3.10. The van der Waals surface area contributed by atoms with Gasteiger partial charge in [-0.2, -0.15) is 0 Å². The molecule has 0 aliphatic heterocycles. The van der Waals surface area contributed by atoms with Gasteiger partial charge in [0.15, 0.2) is 0 Å². The Morgan fingerprint density at radius 1 is 1.10 bits per heavy atom. The molecule has 0 aromatic heterocycles. The van der Waals surface area contributed by atoms with Gasteiger partial charge in [-0.25, -0.2) is 0 Å². The average Bonchev–Trinajstić information content (AvgIpc) is 2.51. The number of rotatable bonds is 2. The molecule has 3 rings (SSSR count). The van der Waals surface area contributed by atoms with Crippen molar-refractivity contribution in [2.75, 3.05) is 5.32 Å². The zero-order chi connectivity index (χ0) is 14.8. The van der Waals surface area contributed by atoms with Gasteiger partial charge in [-0.15, -0.1) is 0 Å². The van der Waals surface area contributed by atoms with Crippen molar-refractivity contribution < 1.29 is 4.79 Å². The summed E-state index contributed by atoms with van der Waals surface area (Å²) in [6.45, 7) is 1.92. The van der Waals surface area contributed by atoms with Crippen molar-refractivity contribution in [3.63, 3.8) is 0 Å². The van der Waals surface area contributed by atoms with Crippen LogP contribution in [0, 0.1) is 6.92 Å². The lowest BCUT2D eigenvalue weighted by Gasteiger charge is -2.19. The largest absolute Gasteiger partial charge is 0.322 e. The van der Waals surface area contributed by atoms with Crippen LogP contribution in [0.1, 0.15) is 39.9 Å². The first-order chi connectivity index (χ1) is 10.2. The Morgan fingerprint density at radius 2 is 1.86 bits per heavy atom. The van der Waals surface area contributed by atoms with Crippen LogP contribution in [0.5, 0.6) is 0 Å². The third kappa shape index (κ3) is 2.81. The number of carbonyl (C=O) groups excluding carboxylic acids is 1. The monoisotopic (exact) mass is 299 g/mol. The second-order valence-corrected chi connectivity index (χ2v) is 5.92. The molecule has 21 heavy (non-hydrogen) atoms. The summed E-state index contributed by atoms with van der Waals surface area (Å²) in [4.78, 5) is 12.6. The first-order valence-corrected chi connectivity index (χ1v) is 7.72. The third-order valence-corrected chi connectivity index (χ3v) is 4.57. The minimum Gasteiger partial charge on any atom is -0.322 e. The smallest absolute Gasteiger partial charge is 0.255 e. The van der Waals surface area contributed by atoms with Gasteiger partial charge >= 0.3 is 0 Å². The summed E-state index contributed by atoms with van der Waals surface area (Å²) < 4.78 is 0. The predicted molar refractivity (Wildman–Crippen MR) is 87.2 cm³/mol. The van der Waals surface area contributed by atoms with Crippen LogP contribution in [0.4, 0.5) is 5.69 Å². The number of amides is 1. The fourth-order valence-electron chi connectivity index (χ4n) is 2.93. The van der Waals surface area contributed by atoms with Crippen LogP contribution in [0.2, 0.25) is 5.02 Å². The molecule has 0 radical (unpaired) electrons. The van der Waals surface area contributed by atoms with Crippen LogP contribution in [-0.4, -0.2) is 5.91 Å². The van der Waals surface area contributed by atoms with Gasteiger partial charge in [0, 0.05) is 16.3 Å². The van der Waals surface area contributed by atoms with Crippen molar-refractivity contribution in [3.8, 4) is 0 Å². The molecule has 0 bridgehead atoms. The molecule has 0 unspecified atom stereocenters. The van der Waals surface area contributed by atoms with Crippen molar-refractivity contribution in [1.29, 1.82) is 0 Å². The van der Waals surface area contributed by atoms with E-state index in [1.807, 2.05) is 37.3 Å². The quantitative estimate of drug-likeness (QED) is 0.849. The number of halogens is 1. The van der Waals surface area contributed by atoms with E-state index >= 15 is 0 Å². The molecule has 1 aliphatic rings. The maximum atomic E-state index is 12.6. The lowest BCUT2D eigenvalue weighted by atomic mass is 9.88. The Morgan fingerprint density at radius 3 is 2.71 bits per heavy atom. The lowest BCUT2D eigenvalue weighted by molar-refractivity contribution is 0.102. The maximum absolute atomic E-state index is 12.6. The normalized spacial score (nSPS) is 13.6. The first-order valence-electron chi connectivity index (χ1n) is 7.34. The first kappa shape index (κ1) is 14.2. The summed E-state index contributed by atoms with van der Waals surface area (Å²) in [5.41, 5.74) is 5.00. The number of nitrogens with one attached hydrogen (secondary N) is 1. The van der Waals surface area contributed by atoms with Crippen molar-refractivity contribution in [1.82, 2.24) is 0 Å². The van der Waals surface area contributed by atoms with Crippen molar-refractivity contribution in [2.45, 2.75) is 32.6 Å². The summed E-state index contributed by atoms with van der Waals surface area (Å²) in [7, 11) is 0. The molecular weight excluding hydrogens is 282 g/mol. The van der Waals surface area contributed by atoms with Crippen LogP contribution in [0.3, 0.4) is 0 Å². The van der Waals surface area contributed by atoms with E-state index in [-0.39, 0.29) is 5.91 Å². The number of anilines is 1. The second kappa shape index (κ2) is 5.90. The topological polar surface area (TPSA) is 29.1 Å². The summed E-state index contributed by atoms with van der Waals surface area (Å²) in [6.07, 6.45) is 4.44. The van der Waals surface area contributed by atoms with E-state index in [0.29, 0.717) is 5.02 Å². The van der Waals surface area contributed by atoms with Crippen molar-refractivity contribution in [3.05, 3.63) is 63.7 Å². The number of aryl methyl sites for hydroxylation is 1. The van der Waals surface area contributed by atoms with Crippen LogP contribution >= 0.6 is 11.6 Å². The molecule has 0 fully saturated rings. The third-order valence-electron chi connectivity index (χ3n) is 4.16. The van der Waals surface area contributed by atoms with E-state index in [1.165, 1.54) is 17.5 Å². The molecule has 2 aromatic carbocycles. The Balaban J connectivity index is 1.91. The SMILES string of the molecule is Cc1c(Cl)cccc1NC(=O)c1cccc2c1CCCC2. The molecule has 0 saturated heterocycles. The molecule has 3 heteroatoms. The number of benzene rings is 2. The molecule has 108 valence electrons. The summed E-state index contributed by atoms with van der Waals surface area (Å²) in [5.74, 6) is -0.0425. The number of hydrogen-bond acceptors (Lipinski definition) is 1. The van der Waals surface area contributed by atoms with Gasteiger partial charge in [0.05, 0.1) is 0 Å². The van der Waals surface area contributed by atoms with Crippen LogP contribution < -0.4 is 5.32 Å². The number of fused-ring (bicyclic) bond motifs is 1. The highest BCUT2D eigenvalue weighted by Crippen LogP contribution is 2.27. The molecule has 0 atom stereocenters. The zero-order valence-electron chi connectivity index (χ0n) is 12.1. The summed E-state index contributed by atoms with van der Waals surface area (Å²) >= 11 is 6.11. The molecule has 1 aliphatic carbocycles. The van der Waals surface area contributed by atoms with Gasteiger partial charge in [-0.3, -0.25) is 4.79 Å². The van der Waals surface area contributed by atoms with Crippen LogP contribution in [0.15, 0.2) is 36.4 Å². The molecule has 0 heterocycles. The average molecular weight is 300 g/mol. The Labute approximate surface area is 130 Å². The van der Waals surface area contributed by atoms with Gasteiger partial charge in [-0.05, 0) is 67.5 Å². The summed E-state index contributed by atoms with van der Waals surface area (Å²) in [6, 6.07) is 11.6. The van der Waals surface area contributed by atoms with E-state index in [4.69, 9.17) is 11.6 Å². The minimum absolute atomic E-state index is 0.0425. The Hall–Kier alpha value is -1.80. The number of carbonyl (C=O) groups is 1. The lowest BCUT2D eigenvalue weighted by Crippen LogP contribution is -2.17. The van der Waals surface area contributed by atoms with Gasteiger partial charge in [-0.1, -0.05) is 29.8 Å². The molecule has 1 amide bonds. The van der Waals surface area contributed by atoms with Gasteiger partial charge < -0.3 is 5.32 Å². The molecule has 2 aromatic rings. The fraction of sp³-hybridized carbons (Fsp3) is 0.278. The number of hydrogen-bond donors (Lipinski definition) is 1. The highest BCUT2D eigenvalue weighted by atomic mass is 35.5. The molecule has 2 nitrogen and oxygen atoms in total. The van der Waals surface area contributed by atoms with Gasteiger partial charge in [0.1, 0.15) is 0 Å². The standard InChI is InChI=1S/C18H18ClNO/c1-12-16(19)10-5-11-17(12)20-18(21)15-9-4-7-13-6-2-3-8-14(13)15/h4-5,7,9-11H,2-3,6,8H2,1H3,(H,20,21). The van der Waals surface area contributed by atoms with E-state index in [1.54, 1.807) is 0 Å². The second-order valence-electron chi connectivity index (χ2n) is 5.52. The van der Waals surface area contributed by atoms with Crippen molar-refractivity contribution >= 4 is 23.2 Å². The highest BCUT2D eigenvalue weighted by Gasteiger charge is 2.18. The van der Waals surface area contributed by atoms with Crippen LogP contribution in [-0.2, 0) is 12.8 Å². The van der Waals surface area contributed by atoms with E-state index in [9.17, 15) is 4.79 Å². The predicted octanol–water partition coefficient (Wildman–Crippen LogP) is 4.78. The van der Waals surface area contributed by atoms with Gasteiger partial charge in [0.2, 0.25) is 0 Å². The highest BCUT2D eigenvalue weighted by molar-refractivity contribution is 6.31. The molecule has 0 saturated carbocycles. The van der Waals surface area contributed by atoms with Gasteiger partial charge in [0.25, 0.3) is 5.91 Å². The van der Waals surface area contributed by atoms with E-state index in [2.05, 4.69) is 11.4 Å². The Bertz CT molecular complexity index is 694. The minimum atomic E-state index is -0.0425. The molecular formula is C18H18ClNO. The summed E-state index contributed by atoms with van der Waals surface area (Å²) in [5, 5.41) is 3.66. The molecule has 0 spiro atoms. The van der Waals surface area contributed by atoms with E-state index < -0.39 is 0 Å².